The zero-order valence-electron chi connectivity index (χ0n) is 11.8. The minimum absolute atomic E-state index is 0.363. The molecule has 1 saturated heterocycles. The topological polar surface area (TPSA) is 17.5 Å². The molecule has 2 heteroatoms. The Morgan fingerprint density at radius 3 is 1.67 bits per heavy atom. The summed E-state index contributed by atoms with van der Waals surface area (Å²) in [6, 6.07) is 25.5. The van der Waals surface area contributed by atoms with Crippen molar-refractivity contribution < 1.29 is 4.74 Å². The second kappa shape index (κ2) is 5.23. The van der Waals surface area contributed by atoms with Crippen molar-refractivity contribution in [1.29, 1.82) is 0 Å². The molecule has 1 atom stereocenters. The van der Waals surface area contributed by atoms with Crippen LogP contribution in [-0.2, 0) is 11.3 Å². The lowest BCUT2D eigenvalue weighted by Gasteiger charge is -2.13. The predicted molar refractivity (Wildman–Crippen MR) is 85.0 cm³/mol. The molecule has 1 aliphatic rings. The lowest BCUT2D eigenvalue weighted by molar-refractivity contribution is 0.385. The average Bonchev–Trinajstić information content (AvgIpc) is 3.27. The van der Waals surface area contributed by atoms with E-state index in [1.165, 1.54) is 22.5 Å². The minimum Gasteiger partial charge on any atom is -0.371 e. The summed E-state index contributed by atoms with van der Waals surface area (Å²) in [7, 11) is 0. The molecule has 21 heavy (non-hydrogen) atoms. The second-order valence-electron chi connectivity index (χ2n) is 5.40. The van der Waals surface area contributed by atoms with Crippen LogP contribution in [0.25, 0.3) is 22.5 Å². The maximum atomic E-state index is 5.44. The molecule has 1 unspecified atom stereocenters. The summed E-state index contributed by atoms with van der Waals surface area (Å²) in [5.41, 5.74) is 5.01. The van der Waals surface area contributed by atoms with Gasteiger partial charge in [-0.15, -0.1) is 0 Å². The Bertz CT molecular complexity index is 670. The summed E-state index contributed by atoms with van der Waals surface area (Å²) in [6.45, 7) is 1.79. The molecule has 0 N–H and O–H groups in total. The van der Waals surface area contributed by atoms with Crippen LogP contribution in [0, 0.1) is 0 Å². The third kappa shape index (κ3) is 2.50. The molecule has 3 aromatic rings. The molecule has 104 valence electrons. The molecule has 0 aliphatic carbocycles. The van der Waals surface area contributed by atoms with Crippen LogP contribution in [0.2, 0.25) is 0 Å². The zero-order chi connectivity index (χ0) is 14.1. The minimum atomic E-state index is 0.363. The summed E-state index contributed by atoms with van der Waals surface area (Å²) in [5, 5.41) is 0. The van der Waals surface area contributed by atoms with E-state index in [9.17, 15) is 0 Å². The maximum Gasteiger partial charge on any atom is 0.0988 e. The SMILES string of the molecule is c1ccc(-c2ccc(-c3ccccc3)n2CC2CO2)cc1. The monoisotopic (exact) mass is 275 g/mol. The molecule has 1 aliphatic heterocycles. The van der Waals surface area contributed by atoms with Crippen molar-refractivity contribution in [2.45, 2.75) is 12.6 Å². The Balaban J connectivity index is 1.82. The first-order valence-corrected chi connectivity index (χ1v) is 7.34. The fourth-order valence-electron chi connectivity index (χ4n) is 2.76. The molecule has 0 spiro atoms. The Morgan fingerprint density at radius 1 is 0.762 bits per heavy atom. The number of epoxide rings is 1. The fourth-order valence-corrected chi connectivity index (χ4v) is 2.76. The van der Waals surface area contributed by atoms with E-state index in [-0.39, 0.29) is 0 Å². The quantitative estimate of drug-likeness (QED) is 0.652. The summed E-state index contributed by atoms with van der Waals surface area (Å²) >= 11 is 0. The van der Waals surface area contributed by atoms with Gasteiger partial charge in [-0.3, -0.25) is 0 Å². The highest BCUT2D eigenvalue weighted by Crippen LogP contribution is 2.30. The maximum absolute atomic E-state index is 5.44. The fraction of sp³-hybridized carbons (Fsp3) is 0.158. The van der Waals surface area contributed by atoms with Crippen molar-refractivity contribution in [1.82, 2.24) is 4.57 Å². The van der Waals surface area contributed by atoms with Crippen LogP contribution in [0.15, 0.2) is 72.8 Å². The zero-order valence-corrected chi connectivity index (χ0v) is 11.8. The molecule has 0 amide bonds. The smallest absolute Gasteiger partial charge is 0.0988 e. The van der Waals surface area contributed by atoms with Crippen molar-refractivity contribution in [3.05, 3.63) is 72.8 Å². The average molecular weight is 275 g/mol. The van der Waals surface area contributed by atoms with E-state index < -0.39 is 0 Å². The lowest BCUT2D eigenvalue weighted by atomic mass is 10.1. The van der Waals surface area contributed by atoms with E-state index in [1.807, 2.05) is 0 Å². The van der Waals surface area contributed by atoms with Gasteiger partial charge in [-0.25, -0.2) is 0 Å². The number of ether oxygens (including phenoxy) is 1. The van der Waals surface area contributed by atoms with E-state index in [4.69, 9.17) is 4.74 Å². The normalized spacial score (nSPS) is 16.9. The van der Waals surface area contributed by atoms with Crippen LogP contribution >= 0.6 is 0 Å². The second-order valence-corrected chi connectivity index (χ2v) is 5.40. The standard InChI is InChI=1S/C19H17NO/c1-3-7-15(8-4-1)18-11-12-19(16-9-5-2-6-10-16)20(18)13-17-14-21-17/h1-12,17H,13-14H2. The van der Waals surface area contributed by atoms with Gasteiger partial charge in [0, 0.05) is 11.4 Å². The van der Waals surface area contributed by atoms with E-state index in [0.717, 1.165) is 13.2 Å². The summed E-state index contributed by atoms with van der Waals surface area (Å²) in [4.78, 5) is 0. The van der Waals surface area contributed by atoms with Crippen LogP contribution in [0.4, 0.5) is 0 Å². The van der Waals surface area contributed by atoms with Crippen molar-refractivity contribution in [3.63, 3.8) is 0 Å². The molecule has 0 radical (unpaired) electrons. The van der Waals surface area contributed by atoms with Gasteiger partial charge in [-0.2, -0.15) is 0 Å². The first kappa shape index (κ1) is 12.4. The molecule has 0 bridgehead atoms. The molecular weight excluding hydrogens is 258 g/mol. The third-order valence-electron chi connectivity index (χ3n) is 3.91. The van der Waals surface area contributed by atoms with E-state index in [2.05, 4.69) is 77.4 Å². The van der Waals surface area contributed by atoms with Gasteiger partial charge in [-0.1, -0.05) is 60.7 Å². The van der Waals surface area contributed by atoms with Gasteiger partial charge in [-0.05, 0) is 23.3 Å². The summed E-state index contributed by atoms with van der Waals surface area (Å²) < 4.78 is 7.82. The van der Waals surface area contributed by atoms with Crippen molar-refractivity contribution in [2.75, 3.05) is 6.61 Å². The van der Waals surface area contributed by atoms with Crippen LogP contribution in [-0.4, -0.2) is 17.3 Å². The summed E-state index contributed by atoms with van der Waals surface area (Å²) in [6.07, 6.45) is 0.363. The van der Waals surface area contributed by atoms with E-state index >= 15 is 0 Å². The van der Waals surface area contributed by atoms with Crippen molar-refractivity contribution >= 4 is 0 Å². The van der Waals surface area contributed by atoms with Gasteiger partial charge in [0.2, 0.25) is 0 Å². The number of aromatic nitrogens is 1. The number of rotatable bonds is 4. The third-order valence-corrected chi connectivity index (χ3v) is 3.91. The number of hydrogen-bond donors (Lipinski definition) is 0. The predicted octanol–water partition coefficient (Wildman–Crippen LogP) is 4.22. The van der Waals surface area contributed by atoms with Crippen LogP contribution in [0.1, 0.15) is 0 Å². The molecule has 1 aromatic heterocycles. The van der Waals surface area contributed by atoms with Gasteiger partial charge in [0.25, 0.3) is 0 Å². The highest BCUT2D eigenvalue weighted by Gasteiger charge is 2.25. The Morgan fingerprint density at radius 2 is 1.24 bits per heavy atom. The number of nitrogens with zero attached hydrogens (tertiary/aromatic N) is 1. The molecular formula is C19H17NO. The number of hydrogen-bond acceptors (Lipinski definition) is 1. The first-order chi connectivity index (χ1) is 10.4. The van der Waals surface area contributed by atoms with Gasteiger partial charge < -0.3 is 9.30 Å². The Hall–Kier alpha value is -2.32. The molecule has 2 aromatic carbocycles. The van der Waals surface area contributed by atoms with Gasteiger partial charge in [0.05, 0.1) is 19.3 Å². The van der Waals surface area contributed by atoms with Crippen LogP contribution in [0.5, 0.6) is 0 Å². The number of benzene rings is 2. The Labute approximate surface area is 124 Å². The molecule has 2 nitrogen and oxygen atoms in total. The highest BCUT2D eigenvalue weighted by molar-refractivity contribution is 5.69. The lowest BCUT2D eigenvalue weighted by Crippen LogP contribution is -2.07. The van der Waals surface area contributed by atoms with E-state index in [1.54, 1.807) is 0 Å². The van der Waals surface area contributed by atoms with Crippen molar-refractivity contribution in [3.8, 4) is 22.5 Å². The Kier molecular flexibility index (Phi) is 3.09. The summed E-state index contributed by atoms with van der Waals surface area (Å²) in [5.74, 6) is 0. The van der Waals surface area contributed by atoms with Gasteiger partial charge in [0.1, 0.15) is 0 Å². The molecule has 2 heterocycles. The first-order valence-electron chi connectivity index (χ1n) is 7.34. The largest absolute Gasteiger partial charge is 0.371 e. The van der Waals surface area contributed by atoms with Crippen LogP contribution in [0.3, 0.4) is 0 Å². The van der Waals surface area contributed by atoms with Gasteiger partial charge >= 0.3 is 0 Å². The highest BCUT2D eigenvalue weighted by atomic mass is 16.6. The van der Waals surface area contributed by atoms with E-state index in [0.29, 0.717) is 6.10 Å². The molecule has 4 rings (SSSR count). The van der Waals surface area contributed by atoms with Crippen LogP contribution < -0.4 is 0 Å². The molecule has 0 saturated carbocycles. The van der Waals surface area contributed by atoms with Crippen molar-refractivity contribution in [2.24, 2.45) is 0 Å². The molecule has 1 fully saturated rings. The van der Waals surface area contributed by atoms with Gasteiger partial charge in [0.15, 0.2) is 0 Å².